The number of hydrogen-bond acceptors (Lipinski definition) is 5. The van der Waals surface area contributed by atoms with Crippen LogP contribution in [-0.4, -0.2) is 28.7 Å². The highest BCUT2D eigenvalue weighted by Crippen LogP contribution is 2.39. The molecule has 1 N–H and O–H groups in total. The molecule has 2 amide bonds. The van der Waals surface area contributed by atoms with E-state index in [0.717, 1.165) is 11.1 Å². The third kappa shape index (κ3) is 5.91. The van der Waals surface area contributed by atoms with Crippen LogP contribution in [0.1, 0.15) is 32.6 Å². The zero-order valence-electron chi connectivity index (χ0n) is 19.4. The molecule has 1 aliphatic heterocycles. The summed E-state index contributed by atoms with van der Waals surface area (Å²) in [6, 6.07) is 25.8. The molecule has 1 aromatic heterocycles. The molecule has 1 atom stereocenters. The molecule has 186 valence electrons. The number of furan rings is 1. The monoisotopic (exact) mass is 549 g/mol. The van der Waals surface area contributed by atoms with E-state index in [-0.39, 0.29) is 17.2 Å². The average molecular weight is 550 g/mol. The van der Waals surface area contributed by atoms with Crippen molar-refractivity contribution in [2.45, 2.75) is 11.9 Å². The average Bonchev–Trinajstić information content (AvgIpc) is 3.51. The van der Waals surface area contributed by atoms with Gasteiger partial charge in [-0.2, -0.15) is 5.10 Å². The summed E-state index contributed by atoms with van der Waals surface area (Å²) in [7, 11) is 0. The van der Waals surface area contributed by atoms with Gasteiger partial charge in [0.25, 0.3) is 5.91 Å². The first-order valence-corrected chi connectivity index (χ1v) is 13.2. The predicted molar refractivity (Wildman–Crippen MR) is 148 cm³/mol. The van der Waals surface area contributed by atoms with Crippen LogP contribution < -0.4 is 5.43 Å². The van der Waals surface area contributed by atoms with E-state index in [1.54, 1.807) is 54.2 Å². The molecule has 1 fully saturated rings. The smallest absolute Gasteiger partial charge is 0.271 e. The Labute approximate surface area is 228 Å². The quantitative estimate of drug-likeness (QED) is 0.203. The molecule has 1 aliphatic rings. The zero-order chi connectivity index (χ0) is 25.8. The van der Waals surface area contributed by atoms with Crippen LogP contribution in [0.5, 0.6) is 0 Å². The summed E-state index contributed by atoms with van der Waals surface area (Å²) in [6.45, 7) is 0.549. The third-order valence-electron chi connectivity index (χ3n) is 5.80. The number of carbonyl (C=O) groups is 2. The highest BCUT2D eigenvalue weighted by atomic mass is 35.5. The Balaban J connectivity index is 1.21. The number of halogens is 2. The second-order valence-corrected chi connectivity index (χ2v) is 10.2. The van der Waals surface area contributed by atoms with Crippen molar-refractivity contribution >= 4 is 53.0 Å². The van der Waals surface area contributed by atoms with Crippen LogP contribution in [0, 0.1) is 0 Å². The van der Waals surface area contributed by atoms with E-state index >= 15 is 0 Å². The summed E-state index contributed by atoms with van der Waals surface area (Å²) in [5, 5.41) is 4.93. The van der Waals surface area contributed by atoms with Crippen molar-refractivity contribution in [3.05, 3.63) is 117 Å². The van der Waals surface area contributed by atoms with Gasteiger partial charge >= 0.3 is 0 Å². The van der Waals surface area contributed by atoms with E-state index in [0.29, 0.717) is 45.0 Å². The highest BCUT2D eigenvalue weighted by Gasteiger charge is 2.32. The minimum Gasteiger partial charge on any atom is -0.455 e. The molecule has 3 aromatic carbocycles. The lowest BCUT2D eigenvalue weighted by molar-refractivity contribution is -0.128. The van der Waals surface area contributed by atoms with Crippen molar-refractivity contribution in [3.63, 3.8) is 0 Å². The van der Waals surface area contributed by atoms with Crippen LogP contribution in [0.15, 0.2) is 94.4 Å². The molecule has 0 radical (unpaired) electrons. The van der Waals surface area contributed by atoms with Crippen LogP contribution in [0.3, 0.4) is 0 Å². The van der Waals surface area contributed by atoms with E-state index in [4.69, 9.17) is 27.6 Å². The molecule has 1 unspecified atom stereocenters. The lowest BCUT2D eigenvalue weighted by atomic mass is 10.1. The lowest BCUT2D eigenvalue weighted by Gasteiger charge is -2.24. The molecule has 9 heteroatoms. The molecule has 0 bridgehead atoms. The Hall–Kier alpha value is -3.52. The van der Waals surface area contributed by atoms with Gasteiger partial charge in [-0.25, -0.2) is 5.43 Å². The SMILES string of the molecule is O=C(N/N=C/c1ccc(-c2ccc(Cl)cc2Cl)o1)c1ccc(C2SCC(=O)N2Cc2ccccc2)cc1. The van der Waals surface area contributed by atoms with Crippen LogP contribution in [0.2, 0.25) is 10.0 Å². The fraction of sp³-hybridized carbons (Fsp3) is 0.107. The van der Waals surface area contributed by atoms with Gasteiger partial charge in [-0.3, -0.25) is 9.59 Å². The maximum absolute atomic E-state index is 12.6. The Kier molecular flexibility index (Phi) is 7.65. The largest absolute Gasteiger partial charge is 0.455 e. The minimum absolute atomic E-state index is 0.0925. The normalized spacial score (nSPS) is 15.5. The molecule has 5 rings (SSSR count). The maximum atomic E-state index is 12.6. The number of thioether (sulfide) groups is 1. The van der Waals surface area contributed by atoms with Crippen LogP contribution in [0.25, 0.3) is 11.3 Å². The first-order valence-electron chi connectivity index (χ1n) is 11.4. The van der Waals surface area contributed by atoms with Crippen LogP contribution >= 0.6 is 35.0 Å². The number of hydrazone groups is 1. The Morgan fingerprint density at radius 3 is 2.59 bits per heavy atom. The highest BCUT2D eigenvalue weighted by molar-refractivity contribution is 8.00. The van der Waals surface area contributed by atoms with Crippen molar-refractivity contribution in [1.29, 1.82) is 0 Å². The molecule has 1 saturated heterocycles. The van der Waals surface area contributed by atoms with Gasteiger partial charge in [0.2, 0.25) is 5.91 Å². The lowest BCUT2D eigenvalue weighted by Crippen LogP contribution is -2.27. The summed E-state index contributed by atoms with van der Waals surface area (Å²) < 4.78 is 5.75. The maximum Gasteiger partial charge on any atom is 0.271 e. The van der Waals surface area contributed by atoms with E-state index < -0.39 is 0 Å². The number of nitrogens with zero attached hydrogens (tertiary/aromatic N) is 2. The van der Waals surface area contributed by atoms with Crippen molar-refractivity contribution in [2.24, 2.45) is 5.10 Å². The minimum atomic E-state index is -0.355. The number of carbonyl (C=O) groups excluding carboxylic acids is 2. The summed E-state index contributed by atoms with van der Waals surface area (Å²) in [5.74, 6) is 1.21. The number of rotatable bonds is 7. The first-order chi connectivity index (χ1) is 18.0. The van der Waals surface area contributed by atoms with E-state index in [1.807, 2.05) is 47.4 Å². The van der Waals surface area contributed by atoms with Gasteiger partial charge in [0.05, 0.1) is 17.0 Å². The molecule has 2 heterocycles. The van der Waals surface area contributed by atoms with Gasteiger partial charge in [0.1, 0.15) is 16.9 Å². The van der Waals surface area contributed by atoms with Crippen LogP contribution in [0.4, 0.5) is 0 Å². The van der Waals surface area contributed by atoms with E-state index in [9.17, 15) is 9.59 Å². The second kappa shape index (κ2) is 11.3. The molecular weight excluding hydrogens is 529 g/mol. The topological polar surface area (TPSA) is 74.9 Å². The van der Waals surface area contributed by atoms with Crippen LogP contribution in [-0.2, 0) is 11.3 Å². The Morgan fingerprint density at radius 2 is 1.84 bits per heavy atom. The number of benzene rings is 3. The Morgan fingerprint density at radius 1 is 1.05 bits per heavy atom. The van der Waals surface area contributed by atoms with Gasteiger partial charge in [-0.05, 0) is 53.6 Å². The predicted octanol–water partition coefficient (Wildman–Crippen LogP) is 6.79. The summed E-state index contributed by atoms with van der Waals surface area (Å²) in [6.07, 6.45) is 1.42. The van der Waals surface area contributed by atoms with Gasteiger partial charge in [-0.15, -0.1) is 11.8 Å². The van der Waals surface area contributed by atoms with Crippen molar-refractivity contribution in [3.8, 4) is 11.3 Å². The number of nitrogens with one attached hydrogen (secondary N) is 1. The van der Waals surface area contributed by atoms with E-state index in [2.05, 4.69) is 10.5 Å². The molecule has 0 saturated carbocycles. The van der Waals surface area contributed by atoms with Crippen molar-refractivity contribution in [2.75, 3.05) is 5.75 Å². The third-order valence-corrected chi connectivity index (χ3v) is 7.61. The van der Waals surface area contributed by atoms with Gasteiger partial charge in [0.15, 0.2) is 0 Å². The number of hydrogen-bond donors (Lipinski definition) is 1. The van der Waals surface area contributed by atoms with E-state index in [1.165, 1.54) is 6.21 Å². The molecule has 37 heavy (non-hydrogen) atoms. The Bertz CT molecular complexity index is 1460. The molecule has 4 aromatic rings. The standard InChI is InChI=1S/C28H21Cl2N3O3S/c29-21-10-12-23(24(30)14-21)25-13-11-22(36-25)15-31-32-27(35)19-6-8-20(9-7-19)28-33(26(34)17-37-28)16-18-4-2-1-3-5-18/h1-15,28H,16-17H2,(H,32,35)/b31-15+. The molecular formula is C28H21Cl2N3O3S. The fourth-order valence-corrected chi connectivity index (χ4v) is 5.65. The summed E-state index contributed by atoms with van der Waals surface area (Å²) >= 11 is 13.8. The number of amides is 2. The second-order valence-electron chi connectivity index (χ2n) is 8.32. The van der Waals surface area contributed by atoms with Gasteiger partial charge in [0, 0.05) is 22.7 Å². The van der Waals surface area contributed by atoms with Gasteiger partial charge < -0.3 is 9.32 Å². The molecule has 0 spiro atoms. The molecule has 0 aliphatic carbocycles. The van der Waals surface area contributed by atoms with Crippen molar-refractivity contribution in [1.82, 2.24) is 10.3 Å². The van der Waals surface area contributed by atoms with Crippen molar-refractivity contribution < 1.29 is 14.0 Å². The summed E-state index contributed by atoms with van der Waals surface area (Å²) in [4.78, 5) is 26.9. The van der Waals surface area contributed by atoms with Gasteiger partial charge in [-0.1, -0.05) is 65.7 Å². The summed E-state index contributed by atoms with van der Waals surface area (Å²) in [5.41, 5.74) is 5.72. The zero-order valence-corrected chi connectivity index (χ0v) is 21.8. The first kappa shape index (κ1) is 25.1. The molecule has 6 nitrogen and oxygen atoms in total. The fourth-order valence-electron chi connectivity index (χ4n) is 3.96.